The molecule has 1 aliphatic rings. The predicted octanol–water partition coefficient (Wildman–Crippen LogP) is 1.64. The van der Waals surface area contributed by atoms with Crippen molar-refractivity contribution >= 4 is 11.7 Å². The van der Waals surface area contributed by atoms with Crippen molar-refractivity contribution in [2.24, 2.45) is 0 Å². The number of carbonyl (C=O) groups excluding carboxylic acids is 1. The monoisotopic (exact) mass is 287 g/mol. The number of likely N-dealkylation sites (tertiary alicyclic amines) is 1. The highest BCUT2D eigenvalue weighted by Crippen LogP contribution is 2.33. The summed E-state index contributed by atoms with van der Waals surface area (Å²) in [5, 5.41) is 0. The maximum Gasteiger partial charge on any atom is 0.292 e. The van der Waals surface area contributed by atoms with Gasteiger partial charge in [0.25, 0.3) is 5.91 Å². The Labute approximate surface area is 122 Å². The zero-order valence-corrected chi connectivity index (χ0v) is 12.0. The smallest absolute Gasteiger partial charge is 0.292 e. The summed E-state index contributed by atoms with van der Waals surface area (Å²) in [5.41, 5.74) is 7.17. The Hall–Kier alpha value is -2.44. The zero-order valence-electron chi connectivity index (χ0n) is 12.0. The lowest BCUT2D eigenvalue weighted by molar-refractivity contribution is 0.0699. The molecule has 0 radical (unpaired) electrons. The van der Waals surface area contributed by atoms with E-state index in [1.165, 1.54) is 6.39 Å². The molecular weight excluding hydrogens is 270 g/mol. The molecular formula is C14H17N5O2. The molecule has 1 aliphatic heterocycles. The number of aryl methyl sites for hydroxylation is 2. The molecule has 7 nitrogen and oxygen atoms in total. The van der Waals surface area contributed by atoms with Gasteiger partial charge in [0, 0.05) is 12.6 Å². The number of nitrogens with two attached hydrogens (primary N) is 1. The topological polar surface area (TPSA) is 98.1 Å². The molecule has 2 aromatic heterocycles. The van der Waals surface area contributed by atoms with Gasteiger partial charge >= 0.3 is 0 Å². The van der Waals surface area contributed by atoms with Crippen LogP contribution < -0.4 is 5.73 Å². The minimum absolute atomic E-state index is 0.0917. The molecule has 0 spiro atoms. The van der Waals surface area contributed by atoms with Crippen LogP contribution in [0.15, 0.2) is 16.9 Å². The Bertz CT molecular complexity index is 662. The van der Waals surface area contributed by atoms with Crippen LogP contribution in [0.4, 0.5) is 5.82 Å². The standard InChI is InChI=1S/C14H17N5O2/c1-8-13(21-7-16-8)14(20)19-5-3-4-11(19)10-6-12(15)18-9(2)17-10/h6-7,11H,3-5H2,1-2H3,(H2,15,17,18)/t11-/m1/s1. The van der Waals surface area contributed by atoms with Gasteiger partial charge in [0.2, 0.25) is 5.76 Å². The third-order valence-electron chi connectivity index (χ3n) is 3.67. The van der Waals surface area contributed by atoms with Crippen molar-refractivity contribution < 1.29 is 9.21 Å². The molecule has 7 heteroatoms. The summed E-state index contributed by atoms with van der Waals surface area (Å²) < 4.78 is 5.21. The van der Waals surface area contributed by atoms with E-state index in [0.29, 0.717) is 29.6 Å². The van der Waals surface area contributed by atoms with Crippen molar-refractivity contribution in [1.82, 2.24) is 19.9 Å². The fourth-order valence-corrected chi connectivity index (χ4v) is 2.74. The molecule has 1 amide bonds. The second-order valence-electron chi connectivity index (χ2n) is 5.19. The Kier molecular flexibility index (Phi) is 3.32. The van der Waals surface area contributed by atoms with Gasteiger partial charge in [-0.3, -0.25) is 4.79 Å². The second-order valence-corrected chi connectivity index (χ2v) is 5.19. The first kappa shape index (κ1) is 13.5. The van der Waals surface area contributed by atoms with Gasteiger partial charge in [-0.05, 0) is 26.7 Å². The van der Waals surface area contributed by atoms with E-state index in [1.54, 1.807) is 24.8 Å². The summed E-state index contributed by atoms with van der Waals surface area (Å²) in [6, 6.07) is 1.64. The van der Waals surface area contributed by atoms with Crippen LogP contribution in [0.3, 0.4) is 0 Å². The Balaban J connectivity index is 1.92. The lowest BCUT2D eigenvalue weighted by atomic mass is 10.1. The van der Waals surface area contributed by atoms with Crippen LogP contribution in [0.5, 0.6) is 0 Å². The molecule has 0 saturated carbocycles. The number of amides is 1. The summed E-state index contributed by atoms with van der Waals surface area (Å²) in [4.78, 5) is 26.8. The van der Waals surface area contributed by atoms with E-state index >= 15 is 0 Å². The third-order valence-corrected chi connectivity index (χ3v) is 3.67. The van der Waals surface area contributed by atoms with Crippen LogP contribution in [0.25, 0.3) is 0 Å². The number of hydrogen-bond donors (Lipinski definition) is 1. The van der Waals surface area contributed by atoms with E-state index in [9.17, 15) is 4.79 Å². The van der Waals surface area contributed by atoms with Crippen molar-refractivity contribution in [2.75, 3.05) is 12.3 Å². The molecule has 1 fully saturated rings. The second kappa shape index (κ2) is 5.16. The van der Waals surface area contributed by atoms with Crippen LogP contribution >= 0.6 is 0 Å². The minimum atomic E-state index is -0.151. The fraction of sp³-hybridized carbons (Fsp3) is 0.429. The first-order chi connectivity index (χ1) is 10.1. The fourth-order valence-electron chi connectivity index (χ4n) is 2.74. The van der Waals surface area contributed by atoms with Gasteiger partial charge in [-0.15, -0.1) is 0 Å². The number of hydrogen-bond acceptors (Lipinski definition) is 6. The number of nitrogens with zero attached hydrogens (tertiary/aromatic N) is 4. The van der Waals surface area contributed by atoms with Gasteiger partial charge in [0.15, 0.2) is 6.39 Å². The van der Waals surface area contributed by atoms with Gasteiger partial charge < -0.3 is 15.1 Å². The van der Waals surface area contributed by atoms with Gasteiger partial charge in [-0.2, -0.15) is 0 Å². The van der Waals surface area contributed by atoms with Gasteiger partial charge in [-0.25, -0.2) is 15.0 Å². The summed E-state index contributed by atoms with van der Waals surface area (Å²) in [6.07, 6.45) is 3.07. The van der Waals surface area contributed by atoms with Crippen molar-refractivity contribution in [3.8, 4) is 0 Å². The molecule has 0 bridgehead atoms. The predicted molar refractivity (Wildman–Crippen MR) is 75.4 cm³/mol. The van der Waals surface area contributed by atoms with Crippen molar-refractivity contribution in [1.29, 1.82) is 0 Å². The van der Waals surface area contributed by atoms with Gasteiger partial charge in [0.1, 0.15) is 11.6 Å². The van der Waals surface area contributed by atoms with E-state index in [-0.39, 0.29) is 11.9 Å². The SMILES string of the molecule is Cc1nc(N)cc([C@H]2CCCN2C(=O)c2ocnc2C)n1. The Morgan fingerprint density at radius 3 is 2.90 bits per heavy atom. The number of nitrogen functional groups attached to an aromatic ring is 1. The highest BCUT2D eigenvalue weighted by Gasteiger charge is 2.34. The average molecular weight is 287 g/mol. The molecule has 0 aliphatic carbocycles. The minimum Gasteiger partial charge on any atom is -0.438 e. The highest BCUT2D eigenvalue weighted by molar-refractivity contribution is 5.92. The van der Waals surface area contributed by atoms with Gasteiger partial charge in [0.05, 0.1) is 17.4 Å². The molecule has 21 heavy (non-hydrogen) atoms. The Morgan fingerprint density at radius 2 is 2.24 bits per heavy atom. The van der Waals surface area contributed by atoms with E-state index in [4.69, 9.17) is 10.2 Å². The number of oxazole rings is 1. The molecule has 2 N–H and O–H groups in total. The third kappa shape index (κ3) is 2.46. The van der Waals surface area contributed by atoms with Crippen LogP contribution in [0.2, 0.25) is 0 Å². The lowest BCUT2D eigenvalue weighted by Crippen LogP contribution is -2.31. The molecule has 1 atom stereocenters. The summed E-state index contributed by atoms with van der Waals surface area (Å²) >= 11 is 0. The first-order valence-corrected chi connectivity index (χ1v) is 6.88. The molecule has 2 aromatic rings. The maximum absolute atomic E-state index is 12.6. The van der Waals surface area contributed by atoms with Crippen LogP contribution in [-0.2, 0) is 0 Å². The summed E-state index contributed by atoms with van der Waals surface area (Å²) in [6.45, 7) is 4.23. The number of carbonyl (C=O) groups is 1. The van der Waals surface area contributed by atoms with Crippen LogP contribution in [0.1, 0.15) is 46.7 Å². The normalized spacial score (nSPS) is 18.2. The maximum atomic E-state index is 12.6. The Morgan fingerprint density at radius 1 is 1.43 bits per heavy atom. The highest BCUT2D eigenvalue weighted by atomic mass is 16.3. The number of rotatable bonds is 2. The van der Waals surface area contributed by atoms with Crippen molar-refractivity contribution in [3.63, 3.8) is 0 Å². The first-order valence-electron chi connectivity index (χ1n) is 6.88. The largest absolute Gasteiger partial charge is 0.438 e. The molecule has 1 saturated heterocycles. The molecule has 110 valence electrons. The number of aromatic nitrogens is 3. The molecule has 0 unspecified atom stereocenters. The van der Waals surface area contributed by atoms with Crippen LogP contribution in [0, 0.1) is 13.8 Å². The van der Waals surface area contributed by atoms with Crippen molar-refractivity contribution in [2.45, 2.75) is 32.7 Å². The summed E-state index contributed by atoms with van der Waals surface area (Å²) in [5.74, 6) is 1.18. The molecule has 0 aromatic carbocycles. The van der Waals surface area contributed by atoms with Gasteiger partial charge in [-0.1, -0.05) is 0 Å². The van der Waals surface area contributed by atoms with E-state index in [0.717, 1.165) is 18.5 Å². The molecule has 3 rings (SSSR count). The average Bonchev–Trinajstić information content (AvgIpc) is 3.05. The van der Waals surface area contributed by atoms with Crippen molar-refractivity contribution in [3.05, 3.63) is 35.4 Å². The van der Waals surface area contributed by atoms with Crippen LogP contribution in [-0.4, -0.2) is 32.3 Å². The quantitative estimate of drug-likeness (QED) is 0.901. The lowest BCUT2D eigenvalue weighted by Gasteiger charge is -2.23. The van der Waals surface area contributed by atoms with E-state index in [2.05, 4.69) is 15.0 Å². The van der Waals surface area contributed by atoms with E-state index in [1.807, 2.05) is 0 Å². The molecule has 3 heterocycles. The zero-order chi connectivity index (χ0) is 15.0. The summed E-state index contributed by atoms with van der Waals surface area (Å²) in [7, 11) is 0. The van der Waals surface area contributed by atoms with E-state index < -0.39 is 0 Å². The number of anilines is 1.